The summed E-state index contributed by atoms with van der Waals surface area (Å²) in [4.78, 5) is 17.8. The third-order valence-electron chi connectivity index (χ3n) is 10.1. The van der Waals surface area contributed by atoms with Gasteiger partial charge in [0.15, 0.2) is 17.5 Å². The number of hydrogen-bond acceptors (Lipinski definition) is 5. The number of hydrogen-bond donors (Lipinski definition) is 0. The van der Waals surface area contributed by atoms with Crippen molar-refractivity contribution in [3.8, 4) is 22.8 Å². The fourth-order valence-corrected chi connectivity index (χ4v) is 9.17. The molecule has 4 nitrogen and oxygen atoms in total. The number of thiophene rings is 1. The van der Waals surface area contributed by atoms with Crippen LogP contribution in [0.25, 0.3) is 59.3 Å². The first-order chi connectivity index (χ1) is 24.2. The van der Waals surface area contributed by atoms with E-state index < -0.39 is 0 Å². The molecule has 8 aromatic rings. The van der Waals surface area contributed by atoms with Crippen LogP contribution in [0.4, 0.5) is 11.4 Å². The van der Waals surface area contributed by atoms with Gasteiger partial charge in [-0.05, 0) is 59.5 Å². The van der Waals surface area contributed by atoms with Crippen LogP contribution in [0.1, 0.15) is 24.7 Å². The molecule has 1 aliphatic heterocycles. The second-order valence-corrected chi connectivity index (χ2v) is 14.1. The van der Waals surface area contributed by atoms with Gasteiger partial charge in [-0.15, -0.1) is 11.3 Å². The van der Waals surface area contributed by atoms with Gasteiger partial charge < -0.3 is 4.90 Å². The van der Waals surface area contributed by atoms with Crippen LogP contribution in [0, 0.1) is 0 Å². The second kappa shape index (κ2) is 10.8. The molecule has 6 aromatic carbocycles. The minimum absolute atomic E-state index is 0.342. The van der Waals surface area contributed by atoms with Crippen LogP contribution >= 0.6 is 11.3 Å². The number of rotatable bonds is 4. The third-order valence-corrected chi connectivity index (χ3v) is 11.3. The highest BCUT2D eigenvalue weighted by atomic mass is 32.1. The summed E-state index contributed by atoms with van der Waals surface area (Å²) in [6, 6.07) is 49.1. The van der Waals surface area contributed by atoms with Crippen LogP contribution in [0.3, 0.4) is 0 Å². The van der Waals surface area contributed by atoms with Crippen molar-refractivity contribution in [3.63, 3.8) is 0 Å². The van der Waals surface area contributed by atoms with E-state index in [1.807, 2.05) is 47.7 Å². The largest absolute Gasteiger partial charge is 0.312 e. The van der Waals surface area contributed by atoms with Gasteiger partial charge in [0.1, 0.15) is 0 Å². The molecule has 232 valence electrons. The molecule has 1 atom stereocenters. The van der Waals surface area contributed by atoms with Gasteiger partial charge in [-0.25, -0.2) is 15.0 Å². The Hall–Kier alpha value is -5.91. The van der Waals surface area contributed by atoms with Gasteiger partial charge >= 0.3 is 0 Å². The van der Waals surface area contributed by atoms with Crippen LogP contribution in [0.5, 0.6) is 0 Å². The molecule has 0 unspecified atom stereocenters. The first-order valence-corrected chi connectivity index (χ1v) is 17.5. The molecule has 3 heterocycles. The topological polar surface area (TPSA) is 41.9 Å². The highest BCUT2D eigenvalue weighted by molar-refractivity contribution is 7.26. The molecular formula is C44H30N4S. The Labute approximate surface area is 288 Å². The number of fused-ring (bicyclic) bond motifs is 10. The molecule has 0 spiro atoms. The van der Waals surface area contributed by atoms with Crippen molar-refractivity contribution in [2.24, 2.45) is 0 Å². The number of benzene rings is 6. The van der Waals surface area contributed by atoms with Gasteiger partial charge in [0, 0.05) is 43.4 Å². The standard InChI is InChI=1S/C44H30N4S/c1-44-27-30(43-46-41(28-15-5-2-6-16-28)45-42(47-43)29-17-7-3-8-18-29)25-26-36(44)48(31-19-9-4-10-20-31)39-38(44)33-22-12-11-21-32(33)37-34-23-13-14-24-35(34)49-40(37)39/h2-26H,27H2,1H3/t44-/m1/s1. The molecule has 49 heavy (non-hydrogen) atoms. The van der Waals surface area contributed by atoms with E-state index in [-0.39, 0.29) is 5.41 Å². The average Bonchev–Trinajstić information content (AvgIpc) is 3.69. The van der Waals surface area contributed by atoms with Gasteiger partial charge in [-0.3, -0.25) is 0 Å². The average molecular weight is 647 g/mol. The summed E-state index contributed by atoms with van der Waals surface area (Å²) < 4.78 is 2.64. The van der Waals surface area contributed by atoms with Gasteiger partial charge in [0.05, 0.1) is 10.4 Å². The summed E-state index contributed by atoms with van der Waals surface area (Å²) >= 11 is 1.90. The highest BCUT2D eigenvalue weighted by Gasteiger charge is 2.48. The Kier molecular flexibility index (Phi) is 6.21. The maximum Gasteiger partial charge on any atom is 0.164 e. The minimum Gasteiger partial charge on any atom is -0.312 e. The highest BCUT2D eigenvalue weighted by Crippen LogP contribution is 2.62. The predicted molar refractivity (Wildman–Crippen MR) is 204 cm³/mol. The SMILES string of the molecule is C[C@@]12CC(c3nc(-c4ccccc4)nc(-c4ccccc4)n3)=CC=C1N(c1ccccc1)c1c2c2ccccc2c2c1sc1ccccc12. The van der Waals surface area contributed by atoms with Gasteiger partial charge in [0.25, 0.3) is 0 Å². The minimum atomic E-state index is -0.342. The predicted octanol–water partition coefficient (Wildman–Crippen LogP) is 11.5. The molecular weight excluding hydrogens is 617 g/mol. The lowest BCUT2D eigenvalue weighted by molar-refractivity contribution is 0.588. The molecule has 0 amide bonds. The smallest absolute Gasteiger partial charge is 0.164 e. The van der Waals surface area contributed by atoms with Gasteiger partial charge in [0.2, 0.25) is 0 Å². The fraction of sp³-hybridized carbons (Fsp3) is 0.0682. The molecule has 0 saturated carbocycles. The molecule has 0 N–H and O–H groups in total. The van der Waals surface area contributed by atoms with E-state index in [0.717, 1.165) is 28.9 Å². The Morgan fingerprint density at radius 2 is 1.12 bits per heavy atom. The zero-order chi connectivity index (χ0) is 32.5. The Bertz CT molecular complexity index is 2580. The van der Waals surface area contributed by atoms with Crippen molar-refractivity contribution < 1.29 is 0 Å². The van der Waals surface area contributed by atoms with Crippen LogP contribution in [-0.4, -0.2) is 15.0 Å². The summed E-state index contributed by atoms with van der Waals surface area (Å²) in [6.45, 7) is 2.41. The lowest BCUT2D eigenvalue weighted by atomic mass is 9.72. The quantitative estimate of drug-likeness (QED) is 0.191. The lowest BCUT2D eigenvalue weighted by Gasteiger charge is -2.33. The van der Waals surface area contributed by atoms with Gasteiger partial charge in [-0.2, -0.15) is 0 Å². The van der Waals surface area contributed by atoms with E-state index in [1.165, 1.54) is 53.6 Å². The maximum absolute atomic E-state index is 5.14. The van der Waals surface area contributed by atoms with E-state index in [1.54, 1.807) is 0 Å². The molecule has 10 rings (SSSR count). The van der Waals surface area contributed by atoms with Gasteiger partial charge in [-0.1, -0.05) is 127 Å². The van der Waals surface area contributed by atoms with Crippen LogP contribution in [0.15, 0.2) is 157 Å². The Morgan fingerprint density at radius 1 is 0.571 bits per heavy atom. The first-order valence-electron chi connectivity index (χ1n) is 16.7. The molecule has 0 fully saturated rings. The maximum atomic E-state index is 5.14. The molecule has 0 radical (unpaired) electrons. The normalized spacial score (nSPS) is 16.9. The van der Waals surface area contributed by atoms with E-state index >= 15 is 0 Å². The number of allylic oxidation sites excluding steroid dienone is 4. The van der Waals surface area contributed by atoms with Crippen molar-refractivity contribution in [3.05, 3.63) is 169 Å². The summed E-state index contributed by atoms with van der Waals surface area (Å²) in [5.74, 6) is 2.08. The molecule has 2 aliphatic rings. The molecule has 2 aromatic heterocycles. The monoisotopic (exact) mass is 646 g/mol. The first kappa shape index (κ1) is 28.1. The second-order valence-electron chi connectivity index (χ2n) is 13.0. The zero-order valence-corrected chi connectivity index (χ0v) is 27.7. The van der Waals surface area contributed by atoms with Crippen molar-refractivity contribution in [2.45, 2.75) is 18.8 Å². The van der Waals surface area contributed by atoms with E-state index in [0.29, 0.717) is 11.6 Å². The lowest BCUT2D eigenvalue weighted by Crippen LogP contribution is -2.29. The Balaban J connectivity index is 1.24. The number of aromatic nitrogens is 3. The van der Waals surface area contributed by atoms with E-state index in [4.69, 9.17) is 15.0 Å². The van der Waals surface area contributed by atoms with Crippen LogP contribution < -0.4 is 4.90 Å². The van der Waals surface area contributed by atoms with Crippen LogP contribution in [-0.2, 0) is 5.41 Å². The molecule has 1 aliphatic carbocycles. The van der Waals surface area contributed by atoms with Crippen molar-refractivity contribution in [1.29, 1.82) is 0 Å². The number of para-hydroxylation sites is 1. The van der Waals surface area contributed by atoms with Crippen molar-refractivity contribution >= 4 is 59.2 Å². The number of nitrogens with zero attached hydrogens (tertiary/aromatic N) is 4. The summed E-state index contributed by atoms with van der Waals surface area (Å²) in [5, 5.41) is 5.25. The van der Waals surface area contributed by atoms with Crippen molar-refractivity contribution in [1.82, 2.24) is 15.0 Å². The Morgan fingerprint density at radius 3 is 1.80 bits per heavy atom. The van der Waals surface area contributed by atoms with Crippen LogP contribution in [0.2, 0.25) is 0 Å². The zero-order valence-electron chi connectivity index (χ0n) is 26.8. The fourth-order valence-electron chi connectivity index (χ4n) is 7.91. The van der Waals surface area contributed by atoms with E-state index in [9.17, 15) is 0 Å². The van der Waals surface area contributed by atoms with E-state index in [2.05, 4.69) is 127 Å². The molecule has 5 heteroatoms. The molecule has 0 saturated heterocycles. The van der Waals surface area contributed by atoms with Crippen molar-refractivity contribution in [2.75, 3.05) is 4.90 Å². The molecule has 0 bridgehead atoms. The summed E-state index contributed by atoms with van der Waals surface area (Å²) in [7, 11) is 0. The number of anilines is 2. The third kappa shape index (κ3) is 4.25. The summed E-state index contributed by atoms with van der Waals surface area (Å²) in [5.41, 5.74) is 7.80. The summed E-state index contributed by atoms with van der Waals surface area (Å²) in [6.07, 6.45) is 5.30.